The molecule has 0 unspecified atom stereocenters. The summed E-state index contributed by atoms with van der Waals surface area (Å²) in [5.74, 6) is -4.42. The maximum atomic E-state index is 13.6. The second-order valence-corrected chi connectivity index (χ2v) is 5.06. The van der Waals surface area contributed by atoms with Gasteiger partial charge in [-0.05, 0) is 31.0 Å². The number of aromatic nitrogens is 1. The minimum absolute atomic E-state index is 0.202. The van der Waals surface area contributed by atoms with E-state index >= 15 is 0 Å². The van der Waals surface area contributed by atoms with Gasteiger partial charge in [0, 0.05) is 12.2 Å². The van der Waals surface area contributed by atoms with Crippen molar-refractivity contribution < 1.29 is 18.0 Å². The molecule has 3 rings (SSSR count). The summed E-state index contributed by atoms with van der Waals surface area (Å²) >= 11 is 0. The third-order valence-corrected chi connectivity index (χ3v) is 3.23. The van der Waals surface area contributed by atoms with E-state index in [-0.39, 0.29) is 17.6 Å². The monoisotopic (exact) mass is 307 g/mol. The molecule has 0 radical (unpaired) electrons. The minimum atomic E-state index is -1.56. The van der Waals surface area contributed by atoms with E-state index < -0.39 is 17.5 Å². The van der Waals surface area contributed by atoms with Gasteiger partial charge in [0.2, 0.25) is 0 Å². The average molecular weight is 307 g/mol. The highest BCUT2D eigenvalue weighted by Crippen LogP contribution is 2.24. The molecule has 22 heavy (non-hydrogen) atoms. The van der Waals surface area contributed by atoms with Gasteiger partial charge in [-0.3, -0.25) is 9.78 Å². The van der Waals surface area contributed by atoms with Crippen molar-refractivity contribution in [2.75, 3.05) is 5.32 Å². The number of nitrogens with zero attached hydrogens (tertiary/aromatic N) is 1. The summed E-state index contributed by atoms with van der Waals surface area (Å²) in [6.07, 6.45) is 4.65. The molecule has 1 amide bonds. The lowest BCUT2D eigenvalue weighted by Crippen LogP contribution is -2.25. The first-order chi connectivity index (χ1) is 10.5. The van der Waals surface area contributed by atoms with Crippen LogP contribution in [0, 0.1) is 17.5 Å². The lowest BCUT2D eigenvalue weighted by Gasteiger charge is -2.09. The number of rotatable bonds is 4. The van der Waals surface area contributed by atoms with Crippen molar-refractivity contribution in [3.63, 3.8) is 0 Å². The number of hydrogen-bond donors (Lipinski definition) is 2. The van der Waals surface area contributed by atoms with Crippen LogP contribution < -0.4 is 10.6 Å². The third-order valence-electron chi connectivity index (χ3n) is 3.23. The molecular formula is C15H12F3N3O. The summed E-state index contributed by atoms with van der Waals surface area (Å²) in [5, 5.41) is 5.38. The molecule has 114 valence electrons. The van der Waals surface area contributed by atoms with Gasteiger partial charge in [-0.1, -0.05) is 0 Å². The van der Waals surface area contributed by atoms with E-state index in [1.54, 1.807) is 0 Å². The van der Waals surface area contributed by atoms with Crippen LogP contribution in [0.1, 0.15) is 23.2 Å². The van der Waals surface area contributed by atoms with Crippen LogP contribution in [0.25, 0.3) is 0 Å². The second kappa shape index (κ2) is 5.67. The summed E-state index contributed by atoms with van der Waals surface area (Å²) in [6.45, 7) is 0. The number of carbonyl (C=O) groups is 1. The van der Waals surface area contributed by atoms with Gasteiger partial charge >= 0.3 is 0 Å². The Balaban J connectivity index is 1.80. The van der Waals surface area contributed by atoms with Crippen LogP contribution in [0.5, 0.6) is 0 Å². The molecule has 0 spiro atoms. The summed E-state index contributed by atoms with van der Waals surface area (Å²) in [4.78, 5) is 15.8. The van der Waals surface area contributed by atoms with E-state index in [1.165, 1.54) is 18.5 Å². The second-order valence-electron chi connectivity index (χ2n) is 5.06. The molecule has 1 fully saturated rings. The third kappa shape index (κ3) is 3.03. The summed E-state index contributed by atoms with van der Waals surface area (Å²) in [5.41, 5.74) is 0.369. The van der Waals surface area contributed by atoms with Crippen molar-refractivity contribution >= 4 is 17.3 Å². The fourth-order valence-electron chi connectivity index (χ4n) is 1.91. The van der Waals surface area contributed by atoms with Crippen molar-refractivity contribution in [3.05, 3.63) is 53.6 Å². The van der Waals surface area contributed by atoms with Gasteiger partial charge in [0.25, 0.3) is 5.91 Å². The largest absolute Gasteiger partial charge is 0.352 e. The lowest BCUT2D eigenvalue weighted by molar-refractivity contribution is 0.0950. The predicted molar refractivity (Wildman–Crippen MR) is 74.3 cm³/mol. The normalized spacial score (nSPS) is 13.8. The van der Waals surface area contributed by atoms with E-state index in [1.807, 2.05) is 0 Å². The van der Waals surface area contributed by atoms with Crippen LogP contribution in [-0.2, 0) is 0 Å². The highest BCUT2D eigenvalue weighted by Gasteiger charge is 2.24. The van der Waals surface area contributed by atoms with Crippen LogP contribution in [-0.4, -0.2) is 16.9 Å². The molecule has 7 heteroatoms. The lowest BCUT2D eigenvalue weighted by atomic mass is 10.2. The highest BCUT2D eigenvalue weighted by atomic mass is 19.2. The summed E-state index contributed by atoms with van der Waals surface area (Å²) in [7, 11) is 0. The number of benzene rings is 1. The molecule has 0 aliphatic heterocycles. The predicted octanol–water partition coefficient (Wildman–Crippen LogP) is 3.13. The van der Waals surface area contributed by atoms with Crippen molar-refractivity contribution in [2.45, 2.75) is 18.9 Å². The summed E-state index contributed by atoms with van der Waals surface area (Å²) in [6, 6.07) is 3.56. The van der Waals surface area contributed by atoms with Gasteiger partial charge in [0.05, 0.1) is 23.1 Å². The quantitative estimate of drug-likeness (QED) is 0.853. The molecule has 1 aliphatic carbocycles. The Hall–Kier alpha value is -2.57. The average Bonchev–Trinajstić information content (AvgIpc) is 3.32. The molecule has 1 aromatic carbocycles. The Morgan fingerprint density at radius 3 is 2.64 bits per heavy atom. The van der Waals surface area contributed by atoms with Crippen LogP contribution in [0.4, 0.5) is 24.5 Å². The zero-order chi connectivity index (χ0) is 15.7. The van der Waals surface area contributed by atoms with Crippen molar-refractivity contribution in [1.29, 1.82) is 0 Å². The molecule has 1 aromatic heterocycles. The van der Waals surface area contributed by atoms with Crippen LogP contribution in [0.3, 0.4) is 0 Å². The Labute approximate surface area is 124 Å². The number of amides is 1. The van der Waals surface area contributed by atoms with E-state index in [2.05, 4.69) is 15.6 Å². The van der Waals surface area contributed by atoms with E-state index in [9.17, 15) is 18.0 Å². The van der Waals surface area contributed by atoms with Crippen LogP contribution in [0.2, 0.25) is 0 Å². The molecule has 1 saturated carbocycles. The standard InChI is InChI=1S/C15H12F3N3O/c16-11-3-4-12(14(18)13(11)17)20-10-5-8(6-19-7-10)15(22)21-9-1-2-9/h3-7,9,20H,1-2H2,(H,21,22). The number of pyridine rings is 1. The van der Waals surface area contributed by atoms with E-state index in [0.717, 1.165) is 25.0 Å². The van der Waals surface area contributed by atoms with Crippen molar-refractivity contribution in [3.8, 4) is 0 Å². The molecular weight excluding hydrogens is 295 g/mol. The molecule has 4 nitrogen and oxygen atoms in total. The van der Waals surface area contributed by atoms with Crippen molar-refractivity contribution in [2.24, 2.45) is 0 Å². The fourth-order valence-corrected chi connectivity index (χ4v) is 1.91. The molecule has 1 aliphatic rings. The first kappa shape index (κ1) is 14.4. The summed E-state index contributed by atoms with van der Waals surface area (Å²) < 4.78 is 39.7. The fraction of sp³-hybridized carbons (Fsp3) is 0.200. The molecule has 0 atom stereocenters. The Morgan fingerprint density at radius 2 is 1.91 bits per heavy atom. The Morgan fingerprint density at radius 1 is 1.14 bits per heavy atom. The van der Waals surface area contributed by atoms with Gasteiger partial charge in [0.15, 0.2) is 17.5 Å². The zero-order valence-corrected chi connectivity index (χ0v) is 11.4. The topological polar surface area (TPSA) is 54.0 Å². The molecule has 0 saturated heterocycles. The SMILES string of the molecule is O=C(NC1CC1)c1cncc(Nc2ccc(F)c(F)c2F)c1. The molecule has 2 aromatic rings. The minimum Gasteiger partial charge on any atom is -0.352 e. The Bertz CT molecular complexity index is 732. The van der Waals surface area contributed by atoms with Gasteiger partial charge < -0.3 is 10.6 Å². The number of hydrogen-bond acceptors (Lipinski definition) is 3. The first-order valence-electron chi connectivity index (χ1n) is 6.71. The van der Waals surface area contributed by atoms with Gasteiger partial charge in [-0.2, -0.15) is 0 Å². The molecule has 1 heterocycles. The number of halogens is 3. The van der Waals surface area contributed by atoms with E-state index in [4.69, 9.17) is 0 Å². The smallest absolute Gasteiger partial charge is 0.253 e. The van der Waals surface area contributed by atoms with Gasteiger partial charge in [0.1, 0.15) is 0 Å². The van der Waals surface area contributed by atoms with Gasteiger partial charge in [-0.15, -0.1) is 0 Å². The van der Waals surface area contributed by atoms with Crippen molar-refractivity contribution in [1.82, 2.24) is 10.3 Å². The first-order valence-corrected chi connectivity index (χ1v) is 6.71. The molecule has 0 bridgehead atoms. The zero-order valence-electron chi connectivity index (χ0n) is 11.4. The number of nitrogens with one attached hydrogen (secondary N) is 2. The maximum Gasteiger partial charge on any atom is 0.253 e. The maximum absolute atomic E-state index is 13.6. The number of anilines is 2. The highest BCUT2D eigenvalue weighted by molar-refractivity contribution is 5.95. The number of carbonyl (C=O) groups excluding carboxylic acids is 1. The Kier molecular flexibility index (Phi) is 3.70. The van der Waals surface area contributed by atoms with Crippen LogP contribution >= 0.6 is 0 Å². The van der Waals surface area contributed by atoms with E-state index in [0.29, 0.717) is 11.3 Å². The van der Waals surface area contributed by atoms with Crippen LogP contribution in [0.15, 0.2) is 30.6 Å². The van der Waals surface area contributed by atoms with Gasteiger partial charge in [-0.25, -0.2) is 13.2 Å². The molecule has 2 N–H and O–H groups in total.